The van der Waals surface area contributed by atoms with Crippen LogP contribution in [0.4, 0.5) is 5.69 Å². The fourth-order valence-electron chi connectivity index (χ4n) is 1.98. The van der Waals surface area contributed by atoms with Gasteiger partial charge in [-0.1, -0.05) is 19.1 Å². The molecule has 17 heavy (non-hydrogen) atoms. The van der Waals surface area contributed by atoms with Crippen molar-refractivity contribution in [3.8, 4) is 0 Å². The fourth-order valence-corrected chi connectivity index (χ4v) is 3.01. The van der Waals surface area contributed by atoms with Gasteiger partial charge in [0.2, 0.25) is 0 Å². The third-order valence-corrected chi connectivity index (χ3v) is 4.22. The SMILES string of the molecule is CCc1ccc(N2CCSC(C(=O)O)C2)cc1. The molecule has 0 radical (unpaired) electrons. The van der Waals surface area contributed by atoms with Gasteiger partial charge in [-0.2, -0.15) is 0 Å². The number of aryl methyl sites for hydroxylation is 1. The lowest BCUT2D eigenvalue weighted by atomic mass is 10.1. The monoisotopic (exact) mass is 251 g/mol. The van der Waals surface area contributed by atoms with Crippen molar-refractivity contribution < 1.29 is 9.90 Å². The number of aliphatic carboxylic acids is 1. The van der Waals surface area contributed by atoms with Crippen molar-refractivity contribution in [2.75, 3.05) is 23.7 Å². The number of hydrogen-bond acceptors (Lipinski definition) is 3. The Morgan fingerprint density at radius 1 is 1.47 bits per heavy atom. The van der Waals surface area contributed by atoms with Crippen LogP contribution in [0.3, 0.4) is 0 Å². The minimum Gasteiger partial charge on any atom is -0.480 e. The van der Waals surface area contributed by atoms with E-state index >= 15 is 0 Å². The molecule has 1 aromatic carbocycles. The molecular formula is C13H17NO2S. The maximum atomic E-state index is 11.0. The zero-order chi connectivity index (χ0) is 12.3. The number of anilines is 1. The minimum atomic E-state index is -0.704. The van der Waals surface area contributed by atoms with Crippen LogP contribution in [0.25, 0.3) is 0 Å². The molecule has 0 bridgehead atoms. The molecule has 1 unspecified atom stereocenters. The zero-order valence-electron chi connectivity index (χ0n) is 9.93. The third kappa shape index (κ3) is 2.94. The lowest BCUT2D eigenvalue weighted by molar-refractivity contribution is -0.136. The molecule has 1 atom stereocenters. The summed E-state index contributed by atoms with van der Waals surface area (Å²) in [5, 5.41) is 8.74. The normalized spacial score (nSPS) is 20.3. The van der Waals surface area contributed by atoms with E-state index < -0.39 is 5.97 Å². The van der Waals surface area contributed by atoms with Crippen molar-refractivity contribution in [1.82, 2.24) is 0 Å². The van der Waals surface area contributed by atoms with E-state index in [1.54, 1.807) is 0 Å². The number of carboxylic acid groups (broad SMARTS) is 1. The highest BCUT2D eigenvalue weighted by Crippen LogP contribution is 2.24. The van der Waals surface area contributed by atoms with E-state index in [-0.39, 0.29) is 5.25 Å². The molecule has 0 saturated carbocycles. The molecule has 92 valence electrons. The van der Waals surface area contributed by atoms with E-state index in [0.717, 1.165) is 24.4 Å². The maximum Gasteiger partial charge on any atom is 0.318 e. The van der Waals surface area contributed by atoms with Crippen molar-refractivity contribution in [2.24, 2.45) is 0 Å². The predicted molar refractivity (Wildman–Crippen MR) is 71.9 cm³/mol. The van der Waals surface area contributed by atoms with Crippen LogP contribution in [0.15, 0.2) is 24.3 Å². The molecule has 1 aliphatic heterocycles. The number of carboxylic acids is 1. The fraction of sp³-hybridized carbons (Fsp3) is 0.462. The number of carbonyl (C=O) groups is 1. The van der Waals surface area contributed by atoms with E-state index in [0.29, 0.717) is 6.54 Å². The first-order valence-electron chi connectivity index (χ1n) is 5.89. The number of hydrogen-bond donors (Lipinski definition) is 1. The van der Waals surface area contributed by atoms with Gasteiger partial charge in [0.15, 0.2) is 0 Å². The van der Waals surface area contributed by atoms with Crippen LogP contribution in [-0.4, -0.2) is 35.2 Å². The molecule has 3 nitrogen and oxygen atoms in total. The largest absolute Gasteiger partial charge is 0.480 e. The molecular weight excluding hydrogens is 234 g/mol. The summed E-state index contributed by atoms with van der Waals surface area (Å²) in [6, 6.07) is 8.42. The highest BCUT2D eigenvalue weighted by atomic mass is 32.2. The lowest BCUT2D eigenvalue weighted by Gasteiger charge is -2.32. The highest BCUT2D eigenvalue weighted by molar-refractivity contribution is 8.00. The van der Waals surface area contributed by atoms with Crippen molar-refractivity contribution in [1.29, 1.82) is 0 Å². The van der Waals surface area contributed by atoms with E-state index in [1.807, 2.05) is 0 Å². The van der Waals surface area contributed by atoms with Gasteiger partial charge in [-0.25, -0.2) is 0 Å². The van der Waals surface area contributed by atoms with Crippen molar-refractivity contribution in [2.45, 2.75) is 18.6 Å². The Bertz CT molecular complexity index is 391. The summed E-state index contributed by atoms with van der Waals surface area (Å²) in [6.07, 6.45) is 1.04. The summed E-state index contributed by atoms with van der Waals surface area (Å²) in [7, 11) is 0. The number of thioether (sulfide) groups is 1. The summed E-state index contributed by atoms with van der Waals surface area (Å²) in [5.74, 6) is 0.178. The van der Waals surface area contributed by atoms with Gasteiger partial charge < -0.3 is 10.0 Å². The Morgan fingerprint density at radius 3 is 2.76 bits per heavy atom. The molecule has 1 saturated heterocycles. The summed E-state index contributed by atoms with van der Waals surface area (Å²) in [4.78, 5) is 13.1. The van der Waals surface area contributed by atoms with Gasteiger partial charge >= 0.3 is 5.97 Å². The van der Waals surface area contributed by atoms with Gasteiger partial charge in [-0.3, -0.25) is 4.79 Å². The Hall–Kier alpha value is -1.16. The molecule has 0 aliphatic carbocycles. The first-order valence-corrected chi connectivity index (χ1v) is 6.94. The molecule has 2 rings (SSSR count). The average molecular weight is 251 g/mol. The molecule has 0 aromatic heterocycles. The topological polar surface area (TPSA) is 40.5 Å². The van der Waals surface area contributed by atoms with Gasteiger partial charge in [-0.05, 0) is 24.1 Å². The van der Waals surface area contributed by atoms with E-state index in [1.165, 1.54) is 17.3 Å². The van der Waals surface area contributed by atoms with Gasteiger partial charge in [0.1, 0.15) is 5.25 Å². The van der Waals surface area contributed by atoms with Crippen LogP contribution < -0.4 is 4.90 Å². The second-order valence-electron chi connectivity index (χ2n) is 4.16. The molecule has 1 aliphatic rings. The van der Waals surface area contributed by atoms with Crippen LogP contribution >= 0.6 is 11.8 Å². The molecule has 1 aromatic rings. The quantitative estimate of drug-likeness (QED) is 0.894. The summed E-state index contributed by atoms with van der Waals surface area (Å²) in [6.45, 7) is 3.67. The van der Waals surface area contributed by atoms with Crippen LogP contribution in [0, 0.1) is 0 Å². The van der Waals surface area contributed by atoms with Gasteiger partial charge in [0, 0.05) is 24.5 Å². The maximum absolute atomic E-state index is 11.0. The molecule has 1 fully saturated rings. The van der Waals surface area contributed by atoms with Crippen LogP contribution in [0.5, 0.6) is 0 Å². The molecule has 0 spiro atoms. The molecule has 0 amide bonds. The van der Waals surface area contributed by atoms with Crippen molar-refractivity contribution >= 4 is 23.4 Å². The number of rotatable bonds is 3. The van der Waals surface area contributed by atoms with E-state index in [2.05, 4.69) is 36.1 Å². The van der Waals surface area contributed by atoms with Gasteiger partial charge in [0.25, 0.3) is 0 Å². The standard InChI is InChI=1S/C13H17NO2S/c1-2-10-3-5-11(6-4-10)14-7-8-17-12(9-14)13(15)16/h3-6,12H,2,7-9H2,1H3,(H,15,16). The summed E-state index contributed by atoms with van der Waals surface area (Å²) < 4.78 is 0. The smallest absolute Gasteiger partial charge is 0.318 e. The van der Waals surface area contributed by atoms with Crippen molar-refractivity contribution in [3.05, 3.63) is 29.8 Å². The Balaban J connectivity index is 2.08. The summed E-state index contributed by atoms with van der Waals surface area (Å²) >= 11 is 1.54. The van der Waals surface area contributed by atoms with Crippen LogP contribution in [0.2, 0.25) is 0 Å². The lowest BCUT2D eigenvalue weighted by Crippen LogP contribution is -2.41. The molecule has 1 heterocycles. The number of benzene rings is 1. The van der Waals surface area contributed by atoms with Crippen molar-refractivity contribution in [3.63, 3.8) is 0 Å². The number of nitrogens with zero attached hydrogens (tertiary/aromatic N) is 1. The Kier molecular flexibility index (Phi) is 3.94. The molecule has 1 N–H and O–H groups in total. The van der Waals surface area contributed by atoms with E-state index in [9.17, 15) is 4.79 Å². The highest BCUT2D eigenvalue weighted by Gasteiger charge is 2.25. The van der Waals surface area contributed by atoms with Gasteiger partial charge in [0.05, 0.1) is 0 Å². The van der Waals surface area contributed by atoms with E-state index in [4.69, 9.17) is 5.11 Å². The first kappa shape index (κ1) is 12.3. The van der Waals surface area contributed by atoms with Crippen LogP contribution in [0.1, 0.15) is 12.5 Å². The van der Waals surface area contributed by atoms with Gasteiger partial charge in [-0.15, -0.1) is 11.8 Å². The summed E-state index contributed by atoms with van der Waals surface area (Å²) in [5.41, 5.74) is 2.45. The second-order valence-corrected chi connectivity index (χ2v) is 5.47. The first-order chi connectivity index (χ1) is 8.20. The third-order valence-electron chi connectivity index (χ3n) is 3.05. The average Bonchev–Trinajstić information content (AvgIpc) is 2.39. The molecule has 4 heteroatoms. The zero-order valence-corrected chi connectivity index (χ0v) is 10.7. The predicted octanol–water partition coefficient (Wildman–Crippen LogP) is 2.26. The Morgan fingerprint density at radius 2 is 2.18 bits per heavy atom. The second kappa shape index (κ2) is 5.45. The van der Waals surface area contributed by atoms with Crippen LogP contribution in [-0.2, 0) is 11.2 Å². The minimum absolute atomic E-state index is 0.297. The Labute approximate surface area is 106 Å².